The third-order valence-electron chi connectivity index (χ3n) is 5.38. The molecule has 0 N–H and O–H groups in total. The highest BCUT2D eigenvalue weighted by Crippen LogP contribution is 2.30. The minimum absolute atomic E-state index is 0.246. The van der Waals surface area contributed by atoms with Gasteiger partial charge in [-0.2, -0.15) is 0 Å². The lowest BCUT2D eigenvalue weighted by atomic mass is 9.91. The van der Waals surface area contributed by atoms with Crippen LogP contribution in [0, 0.1) is 12.8 Å². The zero-order valence-electron chi connectivity index (χ0n) is 19.9. The van der Waals surface area contributed by atoms with E-state index >= 15 is 0 Å². The highest BCUT2D eigenvalue weighted by Gasteiger charge is 2.29. The molecule has 170 valence electrons. The standard InChI is InChI=1S/C25H36N2O4/c1-17-10-8-12-20-19(16-27(21(17)20)23(29)31-25(5,6)7)14-18-11-9-13-26(15-18)22(28)30-24(2,3)4/h8,10,12,16,18H,9,11,13-15H2,1-7H3. The Labute approximate surface area is 185 Å². The summed E-state index contributed by atoms with van der Waals surface area (Å²) in [5, 5.41) is 1.07. The van der Waals surface area contributed by atoms with Crippen molar-refractivity contribution in [3.8, 4) is 0 Å². The molecule has 1 aromatic heterocycles. The molecule has 0 aliphatic carbocycles. The molecular formula is C25H36N2O4. The number of rotatable bonds is 2. The zero-order valence-corrected chi connectivity index (χ0v) is 19.9. The molecular weight excluding hydrogens is 392 g/mol. The fraction of sp³-hybridized carbons (Fsp3) is 0.600. The first-order valence-corrected chi connectivity index (χ1v) is 11.1. The Hall–Kier alpha value is -2.50. The summed E-state index contributed by atoms with van der Waals surface area (Å²) in [5.74, 6) is 0.319. The number of piperidine rings is 1. The lowest BCUT2D eigenvalue weighted by molar-refractivity contribution is 0.0166. The van der Waals surface area contributed by atoms with E-state index < -0.39 is 11.2 Å². The highest BCUT2D eigenvalue weighted by molar-refractivity contribution is 5.94. The van der Waals surface area contributed by atoms with Gasteiger partial charge in [0.05, 0.1) is 5.52 Å². The van der Waals surface area contributed by atoms with Gasteiger partial charge in [-0.15, -0.1) is 0 Å². The van der Waals surface area contributed by atoms with Gasteiger partial charge in [0.1, 0.15) is 11.2 Å². The van der Waals surface area contributed by atoms with E-state index in [1.165, 1.54) is 0 Å². The van der Waals surface area contributed by atoms with Crippen molar-refractivity contribution in [1.29, 1.82) is 0 Å². The second-order valence-corrected chi connectivity index (χ2v) is 10.6. The number of hydrogen-bond acceptors (Lipinski definition) is 4. The number of amides is 1. The number of nitrogens with zero attached hydrogens (tertiary/aromatic N) is 2. The summed E-state index contributed by atoms with van der Waals surface area (Å²) in [5.41, 5.74) is 1.98. The maximum absolute atomic E-state index is 12.9. The van der Waals surface area contributed by atoms with Crippen LogP contribution in [0.1, 0.15) is 65.5 Å². The third-order valence-corrected chi connectivity index (χ3v) is 5.38. The summed E-state index contributed by atoms with van der Waals surface area (Å²) in [6.45, 7) is 14.7. The maximum Gasteiger partial charge on any atom is 0.419 e. The molecule has 0 spiro atoms. The lowest BCUT2D eigenvalue weighted by Crippen LogP contribution is -2.43. The number of para-hydroxylation sites is 1. The number of likely N-dealkylation sites (tertiary alicyclic amines) is 1. The molecule has 1 aromatic carbocycles. The molecule has 0 saturated carbocycles. The Balaban J connectivity index is 1.84. The van der Waals surface area contributed by atoms with Crippen molar-refractivity contribution in [2.24, 2.45) is 5.92 Å². The van der Waals surface area contributed by atoms with E-state index in [9.17, 15) is 9.59 Å². The number of aromatic nitrogens is 1. The molecule has 1 fully saturated rings. The van der Waals surface area contributed by atoms with E-state index in [4.69, 9.17) is 9.47 Å². The topological polar surface area (TPSA) is 60.8 Å². The first kappa shape index (κ1) is 23.2. The molecule has 31 heavy (non-hydrogen) atoms. The number of hydrogen-bond donors (Lipinski definition) is 0. The van der Waals surface area contributed by atoms with Gasteiger partial charge in [-0.05, 0) is 84.8 Å². The van der Waals surface area contributed by atoms with E-state index in [-0.39, 0.29) is 12.2 Å². The molecule has 6 nitrogen and oxygen atoms in total. The molecule has 0 radical (unpaired) electrons. The Morgan fingerprint density at radius 2 is 1.68 bits per heavy atom. The fourth-order valence-corrected chi connectivity index (χ4v) is 4.18. The van der Waals surface area contributed by atoms with Gasteiger partial charge >= 0.3 is 12.2 Å². The molecule has 2 aromatic rings. The fourth-order valence-electron chi connectivity index (χ4n) is 4.18. The first-order chi connectivity index (χ1) is 14.3. The van der Waals surface area contributed by atoms with E-state index in [1.54, 1.807) is 4.57 Å². The van der Waals surface area contributed by atoms with Gasteiger partial charge < -0.3 is 14.4 Å². The normalized spacial score (nSPS) is 17.6. The minimum atomic E-state index is -0.562. The minimum Gasteiger partial charge on any atom is -0.444 e. The van der Waals surface area contributed by atoms with Crippen LogP contribution >= 0.6 is 0 Å². The van der Waals surface area contributed by atoms with Crippen LogP contribution in [0.5, 0.6) is 0 Å². The van der Waals surface area contributed by atoms with Crippen molar-refractivity contribution in [3.05, 3.63) is 35.5 Å². The Morgan fingerprint density at radius 3 is 2.32 bits per heavy atom. The van der Waals surface area contributed by atoms with Gasteiger partial charge in [-0.25, -0.2) is 9.59 Å². The van der Waals surface area contributed by atoms with Crippen molar-refractivity contribution in [3.63, 3.8) is 0 Å². The van der Waals surface area contributed by atoms with Crippen LogP contribution in [0.4, 0.5) is 9.59 Å². The molecule has 6 heteroatoms. The van der Waals surface area contributed by atoms with E-state index in [2.05, 4.69) is 6.07 Å². The summed E-state index contributed by atoms with van der Waals surface area (Å²) >= 11 is 0. The lowest BCUT2D eigenvalue weighted by Gasteiger charge is -2.34. The molecule has 1 unspecified atom stereocenters. The average molecular weight is 429 g/mol. The molecule has 1 aliphatic rings. The highest BCUT2D eigenvalue weighted by atomic mass is 16.6. The SMILES string of the molecule is Cc1cccc2c(CC3CCCN(C(=O)OC(C)(C)C)C3)cn(C(=O)OC(C)(C)C)c12. The molecule has 3 rings (SSSR count). The predicted molar refractivity (Wildman–Crippen MR) is 123 cm³/mol. The molecule has 1 saturated heterocycles. The Kier molecular flexibility index (Phi) is 6.40. The van der Waals surface area contributed by atoms with E-state index in [0.717, 1.165) is 47.8 Å². The summed E-state index contributed by atoms with van der Waals surface area (Å²) < 4.78 is 12.8. The number of carbonyl (C=O) groups is 2. The molecule has 1 amide bonds. The molecule has 2 heterocycles. The van der Waals surface area contributed by atoms with Gasteiger partial charge in [0, 0.05) is 24.7 Å². The van der Waals surface area contributed by atoms with Crippen molar-refractivity contribution >= 4 is 23.1 Å². The second-order valence-electron chi connectivity index (χ2n) is 10.6. The smallest absolute Gasteiger partial charge is 0.419 e. The van der Waals surface area contributed by atoms with Crippen molar-refractivity contribution < 1.29 is 19.1 Å². The van der Waals surface area contributed by atoms with Gasteiger partial charge in [-0.3, -0.25) is 4.57 Å². The summed E-state index contributed by atoms with van der Waals surface area (Å²) in [6, 6.07) is 6.10. The van der Waals surface area contributed by atoms with Gasteiger partial charge in [-0.1, -0.05) is 18.2 Å². The monoisotopic (exact) mass is 428 g/mol. The van der Waals surface area contributed by atoms with Gasteiger partial charge in [0.15, 0.2) is 0 Å². The summed E-state index contributed by atoms with van der Waals surface area (Å²) in [6.07, 6.45) is 4.10. The van der Waals surface area contributed by atoms with E-state index in [1.807, 2.05) is 71.7 Å². The second kappa shape index (κ2) is 8.56. The number of carbonyl (C=O) groups excluding carboxylic acids is 2. The van der Waals surface area contributed by atoms with Crippen LogP contribution in [0.15, 0.2) is 24.4 Å². The van der Waals surface area contributed by atoms with Crippen molar-refractivity contribution in [2.45, 2.75) is 78.9 Å². The Morgan fingerprint density at radius 1 is 1.03 bits per heavy atom. The van der Waals surface area contributed by atoms with Crippen LogP contribution in [-0.2, 0) is 15.9 Å². The summed E-state index contributed by atoms with van der Waals surface area (Å²) in [7, 11) is 0. The average Bonchev–Trinajstić information content (AvgIpc) is 2.99. The van der Waals surface area contributed by atoms with Crippen LogP contribution in [0.2, 0.25) is 0 Å². The van der Waals surface area contributed by atoms with Crippen LogP contribution in [0.3, 0.4) is 0 Å². The van der Waals surface area contributed by atoms with Crippen molar-refractivity contribution in [2.75, 3.05) is 13.1 Å². The van der Waals surface area contributed by atoms with Crippen LogP contribution in [-0.4, -0.2) is 45.9 Å². The first-order valence-electron chi connectivity index (χ1n) is 11.1. The van der Waals surface area contributed by atoms with Gasteiger partial charge in [0.25, 0.3) is 0 Å². The quantitative estimate of drug-likeness (QED) is 0.595. The predicted octanol–water partition coefficient (Wildman–Crippen LogP) is 5.92. The van der Waals surface area contributed by atoms with Gasteiger partial charge in [0.2, 0.25) is 0 Å². The molecule has 0 bridgehead atoms. The number of ether oxygens (including phenoxy) is 2. The number of benzene rings is 1. The third kappa shape index (κ3) is 5.81. The zero-order chi connectivity index (χ0) is 23.0. The largest absolute Gasteiger partial charge is 0.444 e. The summed E-state index contributed by atoms with van der Waals surface area (Å²) in [4.78, 5) is 27.2. The number of aryl methyl sites for hydroxylation is 1. The van der Waals surface area contributed by atoms with Crippen LogP contribution < -0.4 is 0 Å². The van der Waals surface area contributed by atoms with Crippen LogP contribution in [0.25, 0.3) is 10.9 Å². The Bertz CT molecular complexity index is 962. The molecule has 1 aliphatic heterocycles. The number of fused-ring (bicyclic) bond motifs is 1. The maximum atomic E-state index is 12.9. The van der Waals surface area contributed by atoms with Crippen molar-refractivity contribution in [1.82, 2.24) is 9.47 Å². The van der Waals surface area contributed by atoms with E-state index in [0.29, 0.717) is 12.5 Å². The molecule has 1 atom stereocenters.